The summed E-state index contributed by atoms with van der Waals surface area (Å²) in [5.74, 6) is 3.83. The zero-order valence-electron chi connectivity index (χ0n) is 24.4. The normalized spacial score (nSPS) is 24.6. The first-order chi connectivity index (χ1) is 19.0. The van der Waals surface area contributed by atoms with Crippen molar-refractivity contribution in [2.45, 2.75) is 116 Å². The first-order valence-electron chi connectivity index (χ1n) is 15.9. The molecule has 39 heavy (non-hydrogen) atoms. The van der Waals surface area contributed by atoms with E-state index in [1.807, 2.05) is 0 Å². The molecule has 0 aromatic heterocycles. The lowest BCUT2D eigenvalue weighted by atomic mass is 9.78. The van der Waals surface area contributed by atoms with E-state index in [1.165, 1.54) is 76.2 Å². The SMILES string of the molecule is CCCC1CCC(CCc2cc3c(c(N)c2N)Oc2c(ccc(CCC4CCC(CCC)OC4)c2N)C3)CC1. The molecular weight excluding hydrogens is 482 g/mol. The molecule has 0 radical (unpaired) electrons. The van der Waals surface area contributed by atoms with E-state index in [-0.39, 0.29) is 0 Å². The van der Waals surface area contributed by atoms with Gasteiger partial charge >= 0.3 is 0 Å². The third-order valence-corrected chi connectivity index (χ3v) is 9.86. The van der Waals surface area contributed by atoms with Crippen molar-refractivity contribution in [3.8, 4) is 11.5 Å². The molecule has 6 N–H and O–H groups in total. The summed E-state index contributed by atoms with van der Waals surface area (Å²) in [5, 5.41) is 0. The number of anilines is 3. The van der Waals surface area contributed by atoms with Gasteiger partial charge in [0.15, 0.2) is 11.5 Å². The Labute approximate surface area is 236 Å². The highest BCUT2D eigenvalue weighted by atomic mass is 16.5. The molecule has 2 heterocycles. The average Bonchev–Trinajstić information content (AvgIpc) is 2.95. The summed E-state index contributed by atoms with van der Waals surface area (Å²) in [6, 6.07) is 6.63. The number of benzene rings is 2. The van der Waals surface area contributed by atoms with Crippen molar-refractivity contribution in [1.29, 1.82) is 0 Å². The lowest BCUT2D eigenvalue weighted by Gasteiger charge is -2.30. The number of ether oxygens (including phenoxy) is 2. The Morgan fingerprint density at radius 3 is 2.00 bits per heavy atom. The molecule has 5 heteroatoms. The molecule has 3 aliphatic rings. The van der Waals surface area contributed by atoms with Crippen LogP contribution in [0.1, 0.15) is 113 Å². The van der Waals surface area contributed by atoms with Crippen LogP contribution in [-0.2, 0) is 24.0 Å². The van der Waals surface area contributed by atoms with E-state index in [4.69, 9.17) is 26.7 Å². The van der Waals surface area contributed by atoms with Crippen LogP contribution in [0.4, 0.5) is 17.1 Å². The maximum atomic E-state index is 6.69. The Bertz CT molecular complexity index is 1110. The summed E-state index contributed by atoms with van der Waals surface area (Å²) < 4.78 is 12.5. The molecule has 1 aliphatic carbocycles. The molecule has 2 fully saturated rings. The molecule has 1 saturated carbocycles. The van der Waals surface area contributed by atoms with Crippen LogP contribution in [0.15, 0.2) is 18.2 Å². The largest absolute Gasteiger partial charge is 0.452 e. The van der Waals surface area contributed by atoms with Crippen LogP contribution in [0.5, 0.6) is 11.5 Å². The van der Waals surface area contributed by atoms with Crippen LogP contribution >= 0.6 is 0 Å². The molecule has 5 nitrogen and oxygen atoms in total. The molecule has 2 aromatic carbocycles. The highest BCUT2D eigenvalue weighted by molar-refractivity contribution is 5.79. The first kappa shape index (κ1) is 28.1. The number of hydrogen-bond donors (Lipinski definition) is 3. The number of nitrogen functional groups attached to an aromatic ring is 3. The molecule has 0 amide bonds. The summed E-state index contributed by atoms with van der Waals surface area (Å²) in [5.41, 5.74) is 26.5. The molecule has 1 saturated heterocycles. The van der Waals surface area contributed by atoms with Crippen molar-refractivity contribution in [2.75, 3.05) is 23.8 Å². The van der Waals surface area contributed by atoms with E-state index in [0.29, 0.717) is 29.1 Å². The minimum absolute atomic E-state index is 0.456. The van der Waals surface area contributed by atoms with Crippen LogP contribution in [0.3, 0.4) is 0 Å². The zero-order chi connectivity index (χ0) is 27.4. The van der Waals surface area contributed by atoms with Crippen molar-refractivity contribution < 1.29 is 9.47 Å². The Morgan fingerprint density at radius 2 is 1.31 bits per heavy atom. The van der Waals surface area contributed by atoms with Gasteiger partial charge < -0.3 is 26.7 Å². The smallest absolute Gasteiger partial charge is 0.156 e. The zero-order valence-corrected chi connectivity index (χ0v) is 24.4. The fraction of sp³-hybridized carbons (Fsp3) is 0.647. The minimum Gasteiger partial charge on any atom is -0.452 e. The van der Waals surface area contributed by atoms with Gasteiger partial charge in [-0.1, -0.05) is 70.9 Å². The van der Waals surface area contributed by atoms with E-state index in [0.717, 1.165) is 72.3 Å². The second-order valence-corrected chi connectivity index (χ2v) is 12.7. The minimum atomic E-state index is 0.456. The van der Waals surface area contributed by atoms with Crippen LogP contribution in [0, 0.1) is 17.8 Å². The first-order valence-corrected chi connectivity index (χ1v) is 15.9. The third kappa shape index (κ3) is 6.51. The molecule has 2 aromatic rings. The van der Waals surface area contributed by atoms with Crippen molar-refractivity contribution in [2.24, 2.45) is 17.8 Å². The maximum Gasteiger partial charge on any atom is 0.156 e. The molecular formula is C34H51N3O2. The topological polar surface area (TPSA) is 96.5 Å². The number of aryl methyl sites for hydroxylation is 2. The predicted molar refractivity (Wildman–Crippen MR) is 163 cm³/mol. The number of fused-ring (bicyclic) bond motifs is 2. The maximum absolute atomic E-state index is 6.69. The van der Waals surface area contributed by atoms with Gasteiger partial charge in [-0.05, 0) is 79.9 Å². The summed E-state index contributed by atoms with van der Waals surface area (Å²) in [4.78, 5) is 0. The fourth-order valence-corrected chi connectivity index (χ4v) is 7.33. The number of nitrogens with two attached hydrogens (primary N) is 3. The van der Waals surface area contributed by atoms with Gasteiger partial charge in [0.05, 0.1) is 23.2 Å². The quantitative estimate of drug-likeness (QED) is 0.228. The van der Waals surface area contributed by atoms with Crippen LogP contribution in [-0.4, -0.2) is 12.7 Å². The van der Waals surface area contributed by atoms with E-state index in [9.17, 15) is 0 Å². The molecule has 2 unspecified atom stereocenters. The highest BCUT2D eigenvalue weighted by Crippen LogP contribution is 2.47. The summed E-state index contributed by atoms with van der Waals surface area (Å²) in [7, 11) is 0. The summed E-state index contributed by atoms with van der Waals surface area (Å²) >= 11 is 0. The van der Waals surface area contributed by atoms with Gasteiger partial charge in [0.2, 0.25) is 0 Å². The van der Waals surface area contributed by atoms with Gasteiger partial charge in [0, 0.05) is 24.2 Å². The molecule has 2 aliphatic heterocycles. The lowest BCUT2D eigenvalue weighted by molar-refractivity contribution is -0.0218. The highest BCUT2D eigenvalue weighted by Gasteiger charge is 2.27. The van der Waals surface area contributed by atoms with Crippen molar-refractivity contribution in [3.05, 3.63) is 40.5 Å². The van der Waals surface area contributed by atoms with Crippen LogP contribution < -0.4 is 21.9 Å². The van der Waals surface area contributed by atoms with Gasteiger partial charge in [-0.2, -0.15) is 0 Å². The Kier molecular flexibility index (Phi) is 9.27. The molecule has 214 valence electrons. The molecule has 2 atom stereocenters. The summed E-state index contributed by atoms with van der Waals surface area (Å²) in [6.45, 7) is 5.41. The monoisotopic (exact) mass is 533 g/mol. The van der Waals surface area contributed by atoms with E-state index < -0.39 is 0 Å². The Morgan fingerprint density at radius 1 is 0.667 bits per heavy atom. The number of hydrogen-bond acceptors (Lipinski definition) is 5. The second-order valence-electron chi connectivity index (χ2n) is 12.7. The van der Waals surface area contributed by atoms with Crippen LogP contribution in [0.25, 0.3) is 0 Å². The molecule has 0 bridgehead atoms. The standard InChI is InChI=1S/C34H51N3O2/c1-3-5-22-7-9-23(10-8-22)11-15-26-19-28-20-27-17-16-25(14-12-24-13-18-29(6-4-2)38-21-24)31(36)33(27)39-34(28)32(37)30(26)35/h16-17,19,22-24,29H,3-15,18,20-21,35-37H2,1-2H3. The molecule has 5 rings (SSSR count). The Hall–Kier alpha value is -2.40. The summed E-state index contributed by atoms with van der Waals surface area (Å²) in [6.07, 6.45) is 18.5. The van der Waals surface area contributed by atoms with Crippen molar-refractivity contribution in [3.63, 3.8) is 0 Å². The third-order valence-electron chi connectivity index (χ3n) is 9.86. The average molecular weight is 534 g/mol. The second kappa shape index (κ2) is 12.8. The van der Waals surface area contributed by atoms with Gasteiger partial charge in [0.25, 0.3) is 0 Å². The van der Waals surface area contributed by atoms with Gasteiger partial charge in [-0.3, -0.25) is 0 Å². The predicted octanol–water partition coefficient (Wildman–Crippen LogP) is 8.20. The van der Waals surface area contributed by atoms with E-state index >= 15 is 0 Å². The van der Waals surface area contributed by atoms with E-state index in [2.05, 4.69) is 32.0 Å². The van der Waals surface area contributed by atoms with Crippen LogP contribution in [0.2, 0.25) is 0 Å². The number of rotatable bonds is 10. The van der Waals surface area contributed by atoms with Gasteiger partial charge in [-0.25, -0.2) is 0 Å². The van der Waals surface area contributed by atoms with E-state index in [1.54, 1.807) is 0 Å². The lowest BCUT2D eigenvalue weighted by Crippen LogP contribution is -2.26. The fourth-order valence-electron chi connectivity index (χ4n) is 7.33. The van der Waals surface area contributed by atoms with Gasteiger partial charge in [-0.15, -0.1) is 0 Å². The van der Waals surface area contributed by atoms with Crippen molar-refractivity contribution >= 4 is 17.1 Å². The van der Waals surface area contributed by atoms with Gasteiger partial charge in [0.1, 0.15) is 0 Å². The Balaban J connectivity index is 1.21. The molecule has 0 spiro atoms. The van der Waals surface area contributed by atoms with Crippen molar-refractivity contribution in [1.82, 2.24) is 0 Å².